The Kier molecular flexibility index (Phi) is 7.54. The van der Waals surface area contributed by atoms with E-state index in [4.69, 9.17) is 0 Å². The predicted molar refractivity (Wildman–Crippen MR) is 83.3 cm³/mol. The van der Waals surface area contributed by atoms with Crippen LogP contribution in [0.4, 0.5) is 5.13 Å². The van der Waals surface area contributed by atoms with Crippen LogP contribution in [0.2, 0.25) is 0 Å². The van der Waals surface area contributed by atoms with Crippen LogP contribution >= 0.6 is 11.3 Å². The first-order valence-electron chi connectivity index (χ1n) is 7.02. The highest BCUT2D eigenvalue weighted by Gasteiger charge is 2.08. The summed E-state index contributed by atoms with van der Waals surface area (Å²) in [7, 11) is 3.55. The second kappa shape index (κ2) is 8.92. The Morgan fingerprint density at radius 2 is 2.35 bits per heavy atom. The molecule has 0 aliphatic rings. The Bertz CT molecular complexity index is 409. The Balaban J connectivity index is 2.28. The van der Waals surface area contributed by atoms with Crippen molar-refractivity contribution in [3.05, 3.63) is 11.1 Å². The summed E-state index contributed by atoms with van der Waals surface area (Å²) in [6, 6.07) is 0.601. The van der Waals surface area contributed by atoms with Gasteiger partial charge in [0.05, 0.1) is 19.2 Å². The minimum Gasteiger partial charge on any atom is -0.469 e. The molecule has 0 bridgehead atoms. The largest absolute Gasteiger partial charge is 0.469 e. The summed E-state index contributed by atoms with van der Waals surface area (Å²) >= 11 is 1.58. The van der Waals surface area contributed by atoms with Crippen LogP contribution in [0.5, 0.6) is 0 Å². The third-order valence-corrected chi connectivity index (χ3v) is 4.30. The van der Waals surface area contributed by atoms with Gasteiger partial charge in [-0.2, -0.15) is 0 Å². The molecule has 1 atom stereocenters. The molecule has 6 heteroatoms. The van der Waals surface area contributed by atoms with Crippen molar-refractivity contribution in [2.24, 2.45) is 0 Å². The topological polar surface area (TPSA) is 54.5 Å². The summed E-state index contributed by atoms with van der Waals surface area (Å²) in [5, 5.41) is 6.23. The van der Waals surface area contributed by atoms with Gasteiger partial charge in [-0.15, -0.1) is 11.3 Å². The van der Waals surface area contributed by atoms with E-state index in [-0.39, 0.29) is 5.97 Å². The first-order valence-corrected chi connectivity index (χ1v) is 7.90. The number of rotatable bonds is 9. The lowest BCUT2D eigenvalue weighted by Gasteiger charge is -2.23. The molecule has 20 heavy (non-hydrogen) atoms. The van der Waals surface area contributed by atoms with E-state index in [1.165, 1.54) is 7.11 Å². The van der Waals surface area contributed by atoms with Gasteiger partial charge in [-0.05, 0) is 20.4 Å². The second-order valence-electron chi connectivity index (χ2n) is 4.88. The number of esters is 1. The molecule has 0 amide bonds. The lowest BCUT2D eigenvalue weighted by molar-refractivity contribution is -0.140. The number of nitrogens with one attached hydrogen (secondary N) is 1. The molecule has 1 N–H and O–H groups in total. The number of likely N-dealkylation sites (N-methyl/N-ethyl adjacent to an activating group) is 1. The second-order valence-corrected chi connectivity index (χ2v) is 5.74. The van der Waals surface area contributed by atoms with Crippen molar-refractivity contribution in [3.8, 4) is 0 Å². The summed E-state index contributed by atoms with van der Waals surface area (Å²) in [5.74, 6) is -0.192. The molecular formula is C14H25N3O2S. The molecule has 0 aliphatic carbocycles. The SMILES string of the molecule is CCC(C)N(C)CCNc1nc(CCC(=O)OC)cs1. The highest BCUT2D eigenvalue weighted by molar-refractivity contribution is 7.13. The van der Waals surface area contributed by atoms with Crippen LogP contribution in [-0.2, 0) is 16.0 Å². The summed E-state index contributed by atoms with van der Waals surface area (Å²) in [6.45, 7) is 6.30. The third kappa shape index (κ3) is 5.88. The molecular weight excluding hydrogens is 274 g/mol. The number of anilines is 1. The van der Waals surface area contributed by atoms with Crippen LogP contribution < -0.4 is 5.32 Å². The van der Waals surface area contributed by atoms with Gasteiger partial charge >= 0.3 is 5.97 Å². The van der Waals surface area contributed by atoms with Crippen molar-refractivity contribution in [1.82, 2.24) is 9.88 Å². The maximum atomic E-state index is 11.1. The minimum absolute atomic E-state index is 0.192. The highest BCUT2D eigenvalue weighted by Crippen LogP contribution is 2.16. The van der Waals surface area contributed by atoms with E-state index in [2.05, 4.69) is 40.8 Å². The number of hydrogen-bond donors (Lipinski definition) is 1. The number of thiazole rings is 1. The third-order valence-electron chi connectivity index (χ3n) is 3.45. The number of nitrogens with zero attached hydrogens (tertiary/aromatic N) is 2. The minimum atomic E-state index is -0.192. The van der Waals surface area contributed by atoms with Crippen LogP contribution in [0.1, 0.15) is 32.4 Å². The summed E-state index contributed by atoms with van der Waals surface area (Å²) < 4.78 is 4.62. The van der Waals surface area contributed by atoms with E-state index in [1.54, 1.807) is 11.3 Å². The zero-order valence-corrected chi connectivity index (χ0v) is 13.6. The van der Waals surface area contributed by atoms with Gasteiger partial charge < -0.3 is 15.0 Å². The van der Waals surface area contributed by atoms with Gasteiger partial charge in [-0.1, -0.05) is 6.92 Å². The summed E-state index contributed by atoms with van der Waals surface area (Å²) in [6.07, 6.45) is 2.18. The number of aromatic nitrogens is 1. The fourth-order valence-electron chi connectivity index (χ4n) is 1.71. The van der Waals surface area contributed by atoms with Gasteiger partial charge in [0.25, 0.3) is 0 Å². The fraction of sp³-hybridized carbons (Fsp3) is 0.714. The van der Waals surface area contributed by atoms with Gasteiger partial charge in [0.15, 0.2) is 5.13 Å². The molecule has 1 rings (SSSR count). The predicted octanol–water partition coefficient (Wildman–Crippen LogP) is 2.39. The molecule has 1 aromatic heterocycles. The first kappa shape index (κ1) is 16.9. The van der Waals surface area contributed by atoms with Gasteiger partial charge in [0, 0.05) is 30.9 Å². The van der Waals surface area contributed by atoms with Gasteiger partial charge in [-0.3, -0.25) is 4.79 Å². The number of carbonyl (C=O) groups is 1. The van der Waals surface area contributed by atoms with Crippen molar-refractivity contribution >= 4 is 22.4 Å². The van der Waals surface area contributed by atoms with Crippen molar-refractivity contribution in [2.45, 2.75) is 39.2 Å². The molecule has 1 heterocycles. The summed E-state index contributed by atoms with van der Waals surface area (Å²) in [5.41, 5.74) is 0.943. The monoisotopic (exact) mass is 299 g/mol. The first-order chi connectivity index (χ1) is 9.56. The average Bonchev–Trinajstić information content (AvgIpc) is 2.91. The quantitative estimate of drug-likeness (QED) is 0.710. The van der Waals surface area contributed by atoms with Crippen LogP contribution in [0.25, 0.3) is 0 Å². The molecule has 0 spiro atoms. The average molecular weight is 299 g/mol. The van der Waals surface area contributed by atoms with E-state index in [0.717, 1.165) is 30.3 Å². The molecule has 1 unspecified atom stereocenters. The molecule has 0 aromatic carbocycles. The lowest BCUT2D eigenvalue weighted by atomic mass is 10.2. The number of methoxy groups -OCH3 is 1. The normalized spacial score (nSPS) is 12.4. The molecule has 0 aliphatic heterocycles. The zero-order chi connectivity index (χ0) is 15.0. The highest BCUT2D eigenvalue weighted by atomic mass is 32.1. The molecule has 114 valence electrons. The Morgan fingerprint density at radius 1 is 1.60 bits per heavy atom. The molecule has 0 saturated carbocycles. The Hall–Kier alpha value is -1.14. The van der Waals surface area contributed by atoms with Crippen LogP contribution in [0.3, 0.4) is 0 Å². The van der Waals surface area contributed by atoms with E-state index >= 15 is 0 Å². The van der Waals surface area contributed by atoms with Crippen LogP contribution in [0.15, 0.2) is 5.38 Å². The number of ether oxygens (including phenoxy) is 1. The molecule has 0 radical (unpaired) electrons. The van der Waals surface area contributed by atoms with E-state index in [9.17, 15) is 4.79 Å². The maximum absolute atomic E-state index is 11.1. The van der Waals surface area contributed by atoms with Crippen molar-refractivity contribution in [3.63, 3.8) is 0 Å². The zero-order valence-electron chi connectivity index (χ0n) is 12.8. The molecule has 5 nitrogen and oxygen atoms in total. The molecule has 1 aromatic rings. The number of hydrogen-bond acceptors (Lipinski definition) is 6. The maximum Gasteiger partial charge on any atom is 0.305 e. The van der Waals surface area contributed by atoms with E-state index < -0.39 is 0 Å². The van der Waals surface area contributed by atoms with Gasteiger partial charge in [0.1, 0.15) is 0 Å². The Labute approximate surface area is 125 Å². The van der Waals surface area contributed by atoms with Crippen molar-refractivity contribution in [1.29, 1.82) is 0 Å². The van der Waals surface area contributed by atoms with Crippen LogP contribution in [0, 0.1) is 0 Å². The smallest absolute Gasteiger partial charge is 0.305 e. The lowest BCUT2D eigenvalue weighted by Crippen LogP contribution is -2.32. The van der Waals surface area contributed by atoms with Gasteiger partial charge in [-0.25, -0.2) is 4.98 Å². The van der Waals surface area contributed by atoms with E-state index in [1.807, 2.05) is 5.38 Å². The molecule has 0 fully saturated rings. The van der Waals surface area contributed by atoms with Gasteiger partial charge in [0.2, 0.25) is 0 Å². The number of carbonyl (C=O) groups excluding carboxylic acids is 1. The Morgan fingerprint density at radius 3 is 3.00 bits per heavy atom. The van der Waals surface area contributed by atoms with Crippen molar-refractivity contribution in [2.75, 3.05) is 32.6 Å². The standard InChI is InChI=1S/C14H25N3O2S/c1-5-11(2)17(3)9-8-15-14-16-12(10-20-14)6-7-13(18)19-4/h10-11H,5-9H2,1-4H3,(H,15,16). The molecule has 0 saturated heterocycles. The number of aryl methyl sites for hydroxylation is 1. The fourth-order valence-corrected chi connectivity index (χ4v) is 2.48. The van der Waals surface area contributed by atoms with E-state index in [0.29, 0.717) is 18.9 Å². The van der Waals surface area contributed by atoms with Crippen LogP contribution in [-0.4, -0.2) is 49.1 Å². The van der Waals surface area contributed by atoms with Crippen molar-refractivity contribution < 1.29 is 9.53 Å². The summed E-state index contributed by atoms with van der Waals surface area (Å²) in [4.78, 5) is 17.9.